The number of carbonyl (C=O) groups excluding carboxylic acids is 1. The molecule has 0 bridgehead atoms. The fraction of sp³-hybridized carbons (Fsp3) is 0.562. The van der Waals surface area contributed by atoms with E-state index in [0.29, 0.717) is 0 Å². The Kier molecular flexibility index (Phi) is 4.76. The average molecular weight is 278 g/mol. The number of hydrogen-bond acceptors (Lipinski definition) is 2. The highest BCUT2D eigenvalue weighted by atomic mass is 19.1. The molecule has 3 nitrogen and oxygen atoms in total. The van der Waals surface area contributed by atoms with Gasteiger partial charge in [-0.25, -0.2) is 4.39 Å². The van der Waals surface area contributed by atoms with E-state index in [1.807, 2.05) is 17.9 Å². The molecule has 110 valence electrons. The highest BCUT2D eigenvalue weighted by Gasteiger charge is 2.40. The predicted octanol–water partition coefficient (Wildman–Crippen LogP) is 3.22. The normalized spacial score (nSPS) is 24.2. The number of amides is 1. The van der Waals surface area contributed by atoms with Crippen molar-refractivity contribution in [3.63, 3.8) is 0 Å². The Hall–Kier alpha value is -1.42. The lowest BCUT2D eigenvalue weighted by Gasteiger charge is -2.32. The molecule has 20 heavy (non-hydrogen) atoms. The van der Waals surface area contributed by atoms with Crippen LogP contribution in [0.2, 0.25) is 0 Å². The first-order valence-electron chi connectivity index (χ1n) is 7.42. The molecule has 1 N–H and O–H groups in total. The van der Waals surface area contributed by atoms with Crippen LogP contribution in [0.1, 0.15) is 51.8 Å². The van der Waals surface area contributed by atoms with Crippen LogP contribution in [0.15, 0.2) is 24.3 Å². The smallest absolute Gasteiger partial charge is 0.241 e. The maximum absolute atomic E-state index is 13.4. The number of nitrogens with one attached hydrogen (secondary N) is 1. The maximum Gasteiger partial charge on any atom is 0.241 e. The van der Waals surface area contributed by atoms with Crippen molar-refractivity contribution in [2.75, 3.05) is 0 Å². The summed E-state index contributed by atoms with van der Waals surface area (Å²) in [5.41, 5.74) is 0.817. The van der Waals surface area contributed by atoms with Gasteiger partial charge in [-0.2, -0.15) is 0 Å². The Bertz CT molecular complexity index is 477. The summed E-state index contributed by atoms with van der Waals surface area (Å²) >= 11 is 0. The summed E-state index contributed by atoms with van der Waals surface area (Å²) in [6, 6.07) is 6.50. The molecule has 1 saturated heterocycles. The van der Waals surface area contributed by atoms with Gasteiger partial charge >= 0.3 is 0 Å². The van der Waals surface area contributed by atoms with E-state index in [2.05, 4.69) is 19.2 Å². The van der Waals surface area contributed by atoms with E-state index >= 15 is 0 Å². The standard InChI is InChI=1S/C16H23FN2O/c1-4-7-14(5-2)19-15(18-11(3)16(19)20)12-8-6-9-13(17)10-12/h6,8-11,14-15,18H,4-5,7H2,1-3H3. The molecule has 1 aromatic carbocycles. The van der Waals surface area contributed by atoms with Crippen molar-refractivity contribution in [3.8, 4) is 0 Å². The van der Waals surface area contributed by atoms with Gasteiger partial charge in [-0.3, -0.25) is 10.1 Å². The average Bonchev–Trinajstić information content (AvgIpc) is 2.73. The van der Waals surface area contributed by atoms with E-state index in [1.165, 1.54) is 12.1 Å². The predicted molar refractivity (Wildman–Crippen MR) is 77.6 cm³/mol. The van der Waals surface area contributed by atoms with Crippen LogP contribution in [0, 0.1) is 5.82 Å². The van der Waals surface area contributed by atoms with E-state index < -0.39 is 0 Å². The largest absolute Gasteiger partial charge is 0.319 e. The Labute approximate surface area is 120 Å². The second-order valence-electron chi connectivity index (χ2n) is 5.44. The second-order valence-corrected chi connectivity index (χ2v) is 5.44. The Morgan fingerprint density at radius 2 is 2.15 bits per heavy atom. The number of hydrogen-bond donors (Lipinski definition) is 1. The highest BCUT2D eigenvalue weighted by molar-refractivity contribution is 5.84. The number of benzene rings is 1. The molecule has 4 heteroatoms. The fourth-order valence-corrected chi connectivity index (χ4v) is 2.94. The van der Waals surface area contributed by atoms with Crippen LogP contribution in [0.4, 0.5) is 4.39 Å². The summed E-state index contributed by atoms with van der Waals surface area (Å²) in [6.07, 6.45) is 2.71. The SMILES string of the molecule is CCCC(CC)N1C(=O)C(C)NC1c1cccc(F)c1. The van der Waals surface area contributed by atoms with Gasteiger partial charge in [-0.1, -0.05) is 32.4 Å². The Balaban J connectivity index is 2.32. The zero-order valence-corrected chi connectivity index (χ0v) is 12.4. The first-order chi connectivity index (χ1) is 9.58. The highest BCUT2D eigenvalue weighted by Crippen LogP contribution is 2.30. The summed E-state index contributed by atoms with van der Waals surface area (Å²) in [6.45, 7) is 6.09. The van der Waals surface area contributed by atoms with Crippen LogP contribution in [-0.2, 0) is 4.79 Å². The molecule has 0 radical (unpaired) electrons. The Morgan fingerprint density at radius 3 is 2.75 bits per heavy atom. The van der Waals surface area contributed by atoms with Gasteiger partial charge in [0.05, 0.1) is 6.04 Å². The molecule has 1 aliphatic rings. The lowest BCUT2D eigenvalue weighted by Crippen LogP contribution is -2.39. The molecule has 1 fully saturated rings. The van der Waals surface area contributed by atoms with Crippen molar-refractivity contribution in [1.82, 2.24) is 10.2 Å². The van der Waals surface area contributed by atoms with Crippen molar-refractivity contribution < 1.29 is 9.18 Å². The van der Waals surface area contributed by atoms with Crippen LogP contribution in [0.3, 0.4) is 0 Å². The van der Waals surface area contributed by atoms with Crippen molar-refractivity contribution in [2.45, 2.75) is 58.3 Å². The van der Waals surface area contributed by atoms with Gasteiger partial charge in [-0.15, -0.1) is 0 Å². The molecule has 1 aliphatic heterocycles. The lowest BCUT2D eigenvalue weighted by molar-refractivity contribution is -0.132. The van der Waals surface area contributed by atoms with Gasteiger partial charge in [0, 0.05) is 6.04 Å². The van der Waals surface area contributed by atoms with Crippen LogP contribution < -0.4 is 5.32 Å². The minimum Gasteiger partial charge on any atom is -0.319 e. The fourth-order valence-electron chi connectivity index (χ4n) is 2.94. The monoisotopic (exact) mass is 278 g/mol. The zero-order chi connectivity index (χ0) is 14.7. The van der Waals surface area contributed by atoms with Gasteiger partial charge in [0.25, 0.3) is 0 Å². The van der Waals surface area contributed by atoms with Crippen molar-refractivity contribution >= 4 is 5.91 Å². The third-order valence-electron chi connectivity index (χ3n) is 3.96. The molecule has 0 aliphatic carbocycles. The van der Waals surface area contributed by atoms with E-state index in [9.17, 15) is 9.18 Å². The topological polar surface area (TPSA) is 32.3 Å². The number of rotatable bonds is 5. The molecule has 3 atom stereocenters. The first-order valence-corrected chi connectivity index (χ1v) is 7.42. The summed E-state index contributed by atoms with van der Waals surface area (Å²) < 4.78 is 13.4. The van der Waals surface area contributed by atoms with Crippen molar-refractivity contribution in [2.24, 2.45) is 0 Å². The third-order valence-corrected chi connectivity index (χ3v) is 3.96. The van der Waals surface area contributed by atoms with E-state index in [4.69, 9.17) is 0 Å². The zero-order valence-electron chi connectivity index (χ0n) is 12.4. The van der Waals surface area contributed by atoms with Gasteiger partial charge in [0.2, 0.25) is 5.91 Å². The van der Waals surface area contributed by atoms with Gasteiger partial charge in [-0.05, 0) is 37.5 Å². The molecule has 0 saturated carbocycles. The quantitative estimate of drug-likeness (QED) is 0.897. The summed E-state index contributed by atoms with van der Waals surface area (Å²) in [5, 5.41) is 3.28. The Morgan fingerprint density at radius 1 is 1.40 bits per heavy atom. The van der Waals surface area contributed by atoms with Crippen LogP contribution >= 0.6 is 0 Å². The summed E-state index contributed by atoms with van der Waals surface area (Å²) in [7, 11) is 0. The minimum atomic E-state index is -0.264. The lowest BCUT2D eigenvalue weighted by atomic mass is 10.0. The van der Waals surface area contributed by atoms with Gasteiger partial charge in [0.15, 0.2) is 0 Å². The first kappa shape index (κ1) is 15.0. The maximum atomic E-state index is 13.4. The summed E-state index contributed by atoms with van der Waals surface area (Å²) in [5.74, 6) is -0.153. The van der Waals surface area contributed by atoms with E-state index in [0.717, 1.165) is 24.8 Å². The molecule has 1 aromatic rings. The molecular weight excluding hydrogens is 255 g/mol. The number of nitrogens with zero attached hydrogens (tertiary/aromatic N) is 1. The van der Waals surface area contributed by atoms with Crippen LogP contribution in [-0.4, -0.2) is 22.9 Å². The number of carbonyl (C=O) groups is 1. The third kappa shape index (κ3) is 2.85. The van der Waals surface area contributed by atoms with E-state index in [1.54, 1.807) is 6.07 Å². The molecule has 1 amide bonds. The molecule has 3 unspecified atom stereocenters. The van der Waals surface area contributed by atoms with Crippen molar-refractivity contribution in [3.05, 3.63) is 35.6 Å². The number of halogens is 1. The second kappa shape index (κ2) is 6.35. The van der Waals surface area contributed by atoms with Crippen molar-refractivity contribution in [1.29, 1.82) is 0 Å². The molecule has 2 rings (SSSR count). The van der Waals surface area contributed by atoms with Crippen LogP contribution in [0.5, 0.6) is 0 Å². The molecule has 0 aromatic heterocycles. The van der Waals surface area contributed by atoms with Gasteiger partial charge < -0.3 is 4.90 Å². The summed E-state index contributed by atoms with van der Waals surface area (Å²) in [4.78, 5) is 14.3. The van der Waals surface area contributed by atoms with E-state index in [-0.39, 0.29) is 30.0 Å². The minimum absolute atomic E-state index is 0.111. The molecular formula is C16H23FN2O. The molecule has 0 spiro atoms. The van der Waals surface area contributed by atoms with Gasteiger partial charge in [0.1, 0.15) is 12.0 Å². The molecule has 1 heterocycles. The van der Waals surface area contributed by atoms with Crippen LogP contribution in [0.25, 0.3) is 0 Å².